The van der Waals surface area contributed by atoms with Gasteiger partial charge in [0.05, 0.1) is 17.2 Å². The van der Waals surface area contributed by atoms with E-state index in [9.17, 15) is 9.90 Å². The number of ether oxygens (including phenoxy) is 1. The summed E-state index contributed by atoms with van der Waals surface area (Å²) in [5.41, 5.74) is 4.33. The van der Waals surface area contributed by atoms with Gasteiger partial charge in [-0.15, -0.1) is 0 Å². The molecule has 0 saturated carbocycles. The molecule has 30 heavy (non-hydrogen) atoms. The molecule has 0 aliphatic heterocycles. The van der Waals surface area contributed by atoms with E-state index in [-0.39, 0.29) is 11.3 Å². The Morgan fingerprint density at radius 2 is 1.90 bits per heavy atom. The Labute approximate surface area is 171 Å². The quantitative estimate of drug-likeness (QED) is 0.475. The molecular formula is C23H16N4O3. The van der Waals surface area contributed by atoms with Gasteiger partial charge in [0.1, 0.15) is 11.3 Å². The topological polar surface area (TPSA) is 90.1 Å². The largest absolute Gasteiger partial charge is 0.478 e. The fourth-order valence-corrected chi connectivity index (χ4v) is 3.52. The fourth-order valence-electron chi connectivity index (χ4n) is 3.52. The van der Waals surface area contributed by atoms with Crippen LogP contribution in [0.4, 0.5) is 0 Å². The van der Waals surface area contributed by atoms with Crippen molar-refractivity contribution in [3.8, 4) is 22.6 Å². The van der Waals surface area contributed by atoms with E-state index in [1.807, 2.05) is 25.4 Å². The lowest BCUT2D eigenvalue weighted by atomic mass is 10.0. The molecule has 0 bridgehead atoms. The molecule has 0 saturated heterocycles. The molecule has 2 aromatic carbocycles. The highest BCUT2D eigenvalue weighted by molar-refractivity contribution is 5.96. The summed E-state index contributed by atoms with van der Waals surface area (Å²) in [6, 6.07) is 13.2. The number of pyridine rings is 1. The predicted molar refractivity (Wildman–Crippen MR) is 113 cm³/mol. The van der Waals surface area contributed by atoms with Crippen LogP contribution in [-0.2, 0) is 7.05 Å². The highest BCUT2D eigenvalue weighted by Gasteiger charge is 2.15. The summed E-state index contributed by atoms with van der Waals surface area (Å²) in [6.07, 6.45) is 8.09. The van der Waals surface area contributed by atoms with Crippen molar-refractivity contribution in [3.63, 3.8) is 0 Å². The molecule has 0 aliphatic rings. The zero-order valence-corrected chi connectivity index (χ0v) is 16.0. The Morgan fingerprint density at radius 1 is 1.03 bits per heavy atom. The SMILES string of the molecule is Cn1ccc2ccc(-c3cc(Oc4cnccc4C(=O)O)cc4nccnc34)cc21. The first-order valence-corrected chi connectivity index (χ1v) is 9.25. The van der Waals surface area contributed by atoms with Crippen LogP contribution in [0.3, 0.4) is 0 Å². The minimum Gasteiger partial charge on any atom is -0.478 e. The van der Waals surface area contributed by atoms with Crippen molar-refractivity contribution in [1.82, 2.24) is 19.5 Å². The second kappa shape index (κ2) is 6.97. The van der Waals surface area contributed by atoms with E-state index in [0.717, 1.165) is 27.5 Å². The summed E-state index contributed by atoms with van der Waals surface area (Å²) < 4.78 is 7.98. The Balaban J connectivity index is 1.68. The smallest absolute Gasteiger partial charge is 0.339 e. The third-order valence-electron chi connectivity index (χ3n) is 4.99. The third kappa shape index (κ3) is 3.02. The van der Waals surface area contributed by atoms with Crippen LogP contribution in [0.25, 0.3) is 33.1 Å². The van der Waals surface area contributed by atoms with Gasteiger partial charge < -0.3 is 14.4 Å². The Morgan fingerprint density at radius 3 is 2.77 bits per heavy atom. The number of aromatic nitrogens is 4. The summed E-state index contributed by atoms with van der Waals surface area (Å²) in [5.74, 6) is -0.458. The predicted octanol–water partition coefficient (Wildman–Crippen LogP) is 4.67. The maximum Gasteiger partial charge on any atom is 0.339 e. The third-order valence-corrected chi connectivity index (χ3v) is 4.99. The van der Waals surface area contributed by atoms with Crippen LogP contribution in [0.5, 0.6) is 11.5 Å². The number of hydrogen-bond acceptors (Lipinski definition) is 5. The molecule has 0 amide bonds. The van der Waals surface area contributed by atoms with E-state index >= 15 is 0 Å². The van der Waals surface area contributed by atoms with Crippen molar-refractivity contribution in [2.75, 3.05) is 0 Å². The highest BCUT2D eigenvalue weighted by atomic mass is 16.5. The molecule has 1 N–H and O–H groups in total. The first-order valence-electron chi connectivity index (χ1n) is 9.25. The maximum absolute atomic E-state index is 11.5. The van der Waals surface area contributed by atoms with Gasteiger partial charge in [-0.3, -0.25) is 15.0 Å². The first kappa shape index (κ1) is 17.8. The van der Waals surface area contributed by atoms with Gasteiger partial charge in [-0.2, -0.15) is 0 Å². The average Bonchev–Trinajstić information content (AvgIpc) is 3.13. The van der Waals surface area contributed by atoms with Gasteiger partial charge in [0.2, 0.25) is 0 Å². The van der Waals surface area contributed by atoms with Crippen LogP contribution in [0.2, 0.25) is 0 Å². The van der Waals surface area contributed by atoms with Gasteiger partial charge >= 0.3 is 5.97 Å². The molecule has 5 aromatic rings. The molecule has 146 valence electrons. The molecule has 0 unspecified atom stereocenters. The van der Waals surface area contributed by atoms with Crippen molar-refractivity contribution >= 4 is 27.9 Å². The molecule has 0 atom stereocenters. The highest BCUT2D eigenvalue weighted by Crippen LogP contribution is 2.35. The molecule has 5 rings (SSSR count). The van der Waals surface area contributed by atoms with Crippen LogP contribution in [0, 0.1) is 0 Å². The number of carbonyl (C=O) groups is 1. The lowest BCUT2D eigenvalue weighted by molar-refractivity contribution is 0.0694. The molecule has 3 heterocycles. The molecule has 0 radical (unpaired) electrons. The van der Waals surface area contributed by atoms with E-state index < -0.39 is 5.97 Å². The maximum atomic E-state index is 11.5. The lowest BCUT2D eigenvalue weighted by Crippen LogP contribution is -2.00. The first-order chi connectivity index (χ1) is 14.6. The van der Waals surface area contributed by atoms with E-state index in [4.69, 9.17) is 4.74 Å². The lowest BCUT2D eigenvalue weighted by Gasteiger charge is -2.12. The van der Waals surface area contributed by atoms with E-state index in [1.165, 1.54) is 18.5 Å². The minimum atomic E-state index is -1.08. The minimum absolute atomic E-state index is 0.0380. The standard InChI is InChI=1S/C23H16N4O3/c1-27-9-5-14-2-3-15(10-20(14)27)18-11-16(12-19-22(18)26-8-7-25-19)30-21-13-24-6-4-17(21)23(28)29/h2-13H,1H3,(H,28,29). The molecule has 7 nitrogen and oxygen atoms in total. The second-order valence-corrected chi connectivity index (χ2v) is 6.87. The fraction of sp³-hybridized carbons (Fsp3) is 0.0435. The number of carboxylic acid groups (broad SMARTS) is 1. The summed E-state index contributed by atoms with van der Waals surface area (Å²) in [7, 11) is 2.00. The average molecular weight is 396 g/mol. The number of benzene rings is 2. The van der Waals surface area contributed by atoms with Gasteiger partial charge in [0, 0.05) is 49.0 Å². The van der Waals surface area contributed by atoms with Gasteiger partial charge in [-0.1, -0.05) is 12.1 Å². The van der Waals surface area contributed by atoms with Crippen molar-refractivity contribution in [2.45, 2.75) is 0 Å². The van der Waals surface area contributed by atoms with E-state index in [2.05, 4.69) is 37.7 Å². The summed E-state index contributed by atoms with van der Waals surface area (Å²) in [4.78, 5) is 24.4. The van der Waals surface area contributed by atoms with Crippen molar-refractivity contribution in [2.24, 2.45) is 7.05 Å². The van der Waals surface area contributed by atoms with Crippen molar-refractivity contribution in [3.05, 3.63) is 79.0 Å². The van der Waals surface area contributed by atoms with Crippen LogP contribution < -0.4 is 4.74 Å². The number of aryl methyl sites for hydroxylation is 1. The van der Waals surface area contributed by atoms with Gasteiger partial charge in [-0.05, 0) is 35.2 Å². The second-order valence-electron chi connectivity index (χ2n) is 6.87. The number of rotatable bonds is 4. The molecule has 0 fully saturated rings. The van der Waals surface area contributed by atoms with Gasteiger partial charge in [-0.25, -0.2) is 4.79 Å². The molecular weight excluding hydrogens is 380 g/mol. The Bertz CT molecular complexity index is 1420. The Hall–Kier alpha value is -4.26. The van der Waals surface area contributed by atoms with Gasteiger partial charge in [0.25, 0.3) is 0 Å². The van der Waals surface area contributed by atoms with E-state index in [1.54, 1.807) is 18.5 Å². The van der Waals surface area contributed by atoms with Crippen LogP contribution in [-0.4, -0.2) is 30.6 Å². The number of carboxylic acids is 1. The monoisotopic (exact) mass is 396 g/mol. The zero-order valence-electron chi connectivity index (χ0n) is 16.0. The zero-order chi connectivity index (χ0) is 20.7. The molecule has 3 aromatic heterocycles. The molecule has 7 heteroatoms. The van der Waals surface area contributed by atoms with Crippen LogP contribution in [0.1, 0.15) is 10.4 Å². The number of nitrogens with zero attached hydrogens (tertiary/aromatic N) is 4. The van der Waals surface area contributed by atoms with Crippen LogP contribution in [0.15, 0.2) is 73.4 Å². The van der Waals surface area contributed by atoms with Crippen molar-refractivity contribution < 1.29 is 14.6 Å². The van der Waals surface area contributed by atoms with E-state index in [0.29, 0.717) is 11.3 Å². The number of hydrogen-bond donors (Lipinski definition) is 1. The summed E-state index contributed by atoms with van der Waals surface area (Å²) >= 11 is 0. The number of fused-ring (bicyclic) bond motifs is 2. The van der Waals surface area contributed by atoms with Gasteiger partial charge in [0.15, 0.2) is 5.75 Å². The number of aromatic carboxylic acids is 1. The molecule has 0 spiro atoms. The molecule has 0 aliphatic carbocycles. The van der Waals surface area contributed by atoms with Crippen molar-refractivity contribution in [1.29, 1.82) is 0 Å². The normalized spacial score (nSPS) is 11.1. The van der Waals surface area contributed by atoms with Crippen LogP contribution >= 0.6 is 0 Å². The summed E-state index contributed by atoms with van der Waals surface area (Å²) in [5, 5.41) is 10.6. The Kier molecular flexibility index (Phi) is 4.14. The summed E-state index contributed by atoms with van der Waals surface area (Å²) in [6.45, 7) is 0.